The third kappa shape index (κ3) is 5.63. The zero-order valence-electron chi connectivity index (χ0n) is 14.7. The maximum absolute atomic E-state index is 3.97. The number of hydrogen-bond acceptors (Lipinski definition) is 1. The first kappa shape index (κ1) is 18.5. The zero-order chi connectivity index (χ0) is 17.2. The summed E-state index contributed by atoms with van der Waals surface area (Å²) >= 11 is 0. The van der Waals surface area contributed by atoms with Crippen LogP contribution in [-0.4, -0.2) is 0 Å². The van der Waals surface area contributed by atoms with E-state index in [2.05, 4.69) is 81.3 Å². The van der Waals surface area contributed by atoms with E-state index in [9.17, 15) is 0 Å². The SMILES string of the molecule is C=CC(=CC=CC)N(C(C)=CC=C(C)C)c1ccc(C=C)cc1. The van der Waals surface area contributed by atoms with E-state index in [1.54, 1.807) is 0 Å². The molecule has 1 aromatic rings. The zero-order valence-corrected chi connectivity index (χ0v) is 14.7. The van der Waals surface area contributed by atoms with Crippen molar-refractivity contribution in [2.45, 2.75) is 27.7 Å². The van der Waals surface area contributed by atoms with Crippen molar-refractivity contribution in [2.24, 2.45) is 0 Å². The summed E-state index contributed by atoms with van der Waals surface area (Å²) in [5.74, 6) is 0. The molecule has 120 valence electrons. The molecule has 1 aromatic carbocycles. The molecule has 1 heteroatoms. The fourth-order valence-corrected chi connectivity index (χ4v) is 2.11. The van der Waals surface area contributed by atoms with Gasteiger partial charge >= 0.3 is 0 Å². The molecule has 0 saturated heterocycles. The van der Waals surface area contributed by atoms with Crippen LogP contribution in [0.25, 0.3) is 6.08 Å². The van der Waals surface area contributed by atoms with Crippen LogP contribution in [0.3, 0.4) is 0 Å². The van der Waals surface area contributed by atoms with E-state index in [0.29, 0.717) is 0 Å². The summed E-state index contributed by atoms with van der Waals surface area (Å²) in [7, 11) is 0. The van der Waals surface area contributed by atoms with Gasteiger partial charge in [-0.15, -0.1) is 0 Å². The maximum Gasteiger partial charge on any atom is 0.0458 e. The van der Waals surface area contributed by atoms with Crippen LogP contribution < -0.4 is 4.90 Å². The van der Waals surface area contributed by atoms with Gasteiger partial charge in [0, 0.05) is 17.1 Å². The first-order valence-electron chi connectivity index (χ1n) is 7.83. The van der Waals surface area contributed by atoms with Crippen molar-refractivity contribution in [3.63, 3.8) is 0 Å². The molecule has 23 heavy (non-hydrogen) atoms. The number of nitrogens with zero attached hydrogens (tertiary/aromatic N) is 1. The van der Waals surface area contributed by atoms with Crippen LogP contribution in [0.2, 0.25) is 0 Å². The van der Waals surface area contributed by atoms with E-state index in [4.69, 9.17) is 0 Å². The van der Waals surface area contributed by atoms with Crippen LogP contribution in [0, 0.1) is 0 Å². The highest BCUT2D eigenvalue weighted by Crippen LogP contribution is 2.26. The van der Waals surface area contributed by atoms with Crippen molar-refractivity contribution in [3.05, 3.63) is 96.4 Å². The van der Waals surface area contributed by atoms with Crippen molar-refractivity contribution in [3.8, 4) is 0 Å². The molecule has 1 nitrogen and oxygen atoms in total. The smallest absolute Gasteiger partial charge is 0.0458 e. The van der Waals surface area contributed by atoms with Gasteiger partial charge in [0.2, 0.25) is 0 Å². The Kier molecular flexibility index (Phi) is 7.62. The molecule has 0 amide bonds. The predicted molar refractivity (Wildman–Crippen MR) is 105 cm³/mol. The van der Waals surface area contributed by atoms with Gasteiger partial charge in [-0.25, -0.2) is 0 Å². The van der Waals surface area contributed by atoms with Gasteiger partial charge in [0.25, 0.3) is 0 Å². The summed E-state index contributed by atoms with van der Waals surface area (Å²) in [5.41, 5.74) is 5.64. The highest BCUT2D eigenvalue weighted by molar-refractivity contribution is 5.63. The summed E-state index contributed by atoms with van der Waals surface area (Å²) in [4.78, 5) is 2.19. The quantitative estimate of drug-likeness (QED) is 0.510. The molecule has 1 rings (SSSR count). The lowest BCUT2D eigenvalue weighted by atomic mass is 10.1. The Morgan fingerprint density at radius 3 is 2.09 bits per heavy atom. The van der Waals surface area contributed by atoms with E-state index in [1.807, 2.05) is 31.2 Å². The maximum atomic E-state index is 3.97. The minimum atomic E-state index is 1.03. The third-order valence-electron chi connectivity index (χ3n) is 3.32. The van der Waals surface area contributed by atoms with Crippen molar-refractivity contribution in [1.82, 2.24) is 0 Å². The van der Waals surface area contributed by atoms with Crippen molar-refractivity contribution >= 4 is 11.8 Å². The molecule has 0 N–H and O–H groups in total. The average Bonchev–Trinajstić information content (AvgIpc) is 2.56. The van der Waals surface area contributed by atoms with E-state index in [1.165, 1.54) is 5.57 Å². The first-order valence-corrected chi connectivity index (χ1v) is 7.83. The van der Waals surface area contributed by atoms with Crippen molar-refractivity contribution in [2.75, 3.05) is 4.90 Å². The molecule has 0 unspecified atom stereocenters. The minimum Gasteiger partial charge on any atom is -0.315 e. The molecule has 0 saturated carbocycles. The average molecular weight is 305 g/mol. The lowest BCUT2D eigenvalue weighted by Crippen LogP contribution is -2.19. The standard InChI is InChI=1S/C22H27N/c1-7-10-11-21(9-3)23(19(6)13-12-18(4)5)22-16-14-20(8-2)15-17-22/h7-17H,2-3H2,1,4-6H3. The van der Waals surface area contributed by atoms with Crippen LogP contribution in [0.15, 0.2) is 90.8 Å². The topological polar surface area (TPSA) is 3.24 Å². The van der Waals surface area contributed by atoms with E-state index in [-0.39, 0.29) is 0 Å². The lowest BCUT2D eigenvalue weighted by molar-refractivity contribution is 1.10. The van der Waals surface area contributed by atoms with E-state index >= 15 is 0 Å². The normalized spacial score (nSPS) is 12.2. The van der Waals surface area contributed by atoms with Gasteiger partial charge in [-0.05, 0) is 63.6 Å². The summed E-state index contributed by atoms with van der Waals surface area (Å²) in [6.07, 6.45) is 14.1. The predicted octanol–water partition coefficient (Wildman–Crippen LogP) is 6.65. The van der Waals surface area contributed by atoms with Crippen molar-refractivity contribution in [1.29, 1.82) is 0 Å². The van der Waals surface area contributed by atoms with Gasteiger partial charge in [-0.1, -0.05) is 55.2 Å². The van der Waals surface area contributed by atoms with Crippen LogP contribution in [0.4, 0.5) is 5.69 Å². The third-order valence-corrected chi connectivity index (χ3v) is 3.32. The molecule has 0 heterocycles. The van der Waals surface area contributed by atoms with Gasteiger partial charge in [0.1, 0.15) is 0 Å². The molecule has 0 atom stereocenters. The summed E-state index contributed by atoms with van der Waals surface area (Å²) in [6.45, 7) is 16.1. The molecule has 0 aliphatic rings. The molecule has 0 spiro atoms. The second-order valence-electron chi connectivity index (χ2n) is 5.50. The Bertz CT molecular complexity index is 648. The van der Waals surface area contributed by atoms with Crippen LogP contribution in [0.1, 0.15) is 33.3 Å². The molecular formula is C22H27N. The highest BCUT2D eigenvalue weighted by atomic mass is 15.1. The number of benzene rings is 1. The van der Waals surface area contributed by atoms with Gasteiger partial charge in [0.05, 0.1) is 0 Å². The number of anilines is 1. The second kappa shape index (κ2) is 9.47. The Hall–Kier alpha value is -2.54. The number of hydrogen-bond donors (Lipinski definition) is 0. The number of allylic oxidation sites excluding steroid dienone is 8. The Balaban J connectivity index is 3.39. The first-order chi connectivity index (χ1) is 11.0. The summed E-state index contributed by atoms with van der Waals surface area (Å²) in [6, 6.07) is 8.34. The van der Waals surface area contributed by atoms with Gasteiger partial charge in [-0.3, -0.25) is 0 Å². The molecule has 0 aliphatic heterocycles. The molecule has 0 bridgehead atoms. The van der Waals surface area contributed by atoms with Crippen LogP contribution >= 0.6 is 0 Å². The molecule has 0 aliphatic carbocycles. The summed E-state index contributed by atoms with van der Waals surface area (Å²) in [5, 5.41) is 0. The van der Waals surface area contributed by atoms with Gasteiger partial charge in [-0.2, -0.15) is 0 Å². The lowest BCUT2D eigenvalue weighted by Gasteiger charge is -2.26. The Morgan fingerprint density at radius 1 is 0.957 bits per heavy atom. The molecule has 0 aromatic heterocycles. The number of rotatable bonds is 7. The van der Waals surface area contributed by atoms with Crippen LogP contribution in [0.5, 0.6) is 0 Å². The van der Waals surface area contributed by atoms with Crippen LogP contribution in [-0.2, 0) is 0 Å². The highest BCUT2D eigenvalue weighted by Gasteiger charge is 2.11. The minimum absolute atomic E-state index is 1.03. The van der Waals surface area contributed by atoms with Gasteiger partial charge in [0.15, 0.2) is 0 Å². The molecule has 0 fully saturated rings. The fraction of sp³-hybridized carbons (Fsp3) is 0.182. The van der Waals surface area contributed by atoms with E-state index < -0.39 is 0 Å². The van der Waals surface area contributed by atoms with Gasteiger partial charge < -0.3 is 4.90 Å². The van der Waals surface area contributed by atoms with E-state index in [0.717, 1.165) is 22.6 Å². The molecular weight excluding hydrogens is 278 g/mol. The monoisotopic (exact) mass is 305 g/mol. The molecule has 0 radical (unpaired) electrons. The Labute approximate surface area is 141 Å². The fourth-order valence-electron chi connectivity index (χ4n) is 2.11. The second-order valence-corrected chi connectivity index (χ2v) is 5.50. The summed E-state index contributed by atoms with van der Waals surface area (Å²) < 4.78 is 0. The largest absolute Gasteiger partial charge is 0.315 e. The Morgan fingerprint density at radius 2 is 1.61 bits per heavy atom. The van der Waals surface area contributed by atoms with Crippen molar-refractivity contribution < 1.29 is 0 Å².